The van der Waals surface area contributed by atoms with Crippen LogP contribution in [0.3, 0.4) is 0 Å². The summed E-state index contributed by atoms with van der Waals surface area (Å²) in [6.07, 6.45) is 3.11. The maximum absolute atomic E-state index is 12.8. The summed E-state index contributed by atoms with van der Waals surface area (Å²) < 4.78 is 10.7. The molecule has 168 valence electrons. The summed E-state index contributed by atoms with van der Waals surface area (Å²) in [4.78, 5) is 38.5. The number of benzene rings is 2. The molecule has 1 aromatic heterocycles. The van der Waals surface area contributed by atoms with E-state index in [4.69, 9.17) is 9.15 Å². The number of imide groups is 1. The van der Waals surface area contributed by atoms with Gasteiger partial charge in [-0.05, 0) is 66.9 Å². The second-order valence-electron chi connectivity index (χ2n) is 7.65. The average molecular weight is 462 g/mol. The van der Waals surface area contributed by atoms with Crippen molar-refractivity contribution in [2.24, 2.45) is 0 Å². The Morgan fingerprint density at radius 1 is 1.09 bits per heavy atom. The van der Waals surface area contributed by atoms with Crippen molar-refractivity contribution in [1.29, 1.82) is 0 Å². The second kappa shape index (κ2) is 9.92. The summed E-state index contributed by atoms with van der Waals surface area (Å²) in [6.45, 7) is 2.26. The molecule has 1 aliphatic rings. The molecule has 0 aliphatic carbocycles. The van der Waals surface area contributed by atoms with Gasteiger partial charge in [-0.3, -0.25) is 14.5 Å². The Kier molecular flexibility index (Phi) is 6.79. The summed E-state index contributed by atoms with van der Waals surface area (Å²) in [5, 5.41) is -0.264. The van der Waals surface area contributed by atoms with Gasteiger partial charge in [0.25, 0.3) is 11.1 Å². The fraction of sp³-hybridized carbons (Fsp3) is 0.192. The van der Waals surface area contributed by atoms with Crippen LogP contribution in [0.15, 0.2) is 70.0 Å². The first kappa shape index (κ1) is 22.6. The average Bonchev–Trinajstić information content (AvgIpc) is 3.39. The minimum Gasteiger partial charge on any atom is -0.465 e. The number of furan rings is 1. The van der Waals surface area contributed by atoms with Crippen molar-refractivity contribution in [3.8, 4) is 11.3 Å². The summed E-state index contributed by atoms with van der Waals surface area (Å²) >= 11 is 0.926. The summed E-state index contributed by atoms with van der Waals surface area (Å²) in [5.74, 6) is 0.396. The van der Waals surface area contributed by atoms with Crippen molar-refractivity contribution < 1.29 is 23.5 Å². The van der Waals surface area contributed by atoms with E-state index in [2.05, 4.69) is 0 Å². The van der Waals surface area contributed by atoms with Crippen LogP contribution in [0.1, 0.15) is 33.7 Å². The SMILES string of the molecule is COC(=O)c1ccc(-c2ccc(/C=C3/SC(=O)N(CCCc4ccccc4)C3=O)o2)c(C)c1. The fourth-order valence-corrected chi connectivity index (χ4v) is 4.51. The van der Waals surface area contributed by atoms with Crippen molar-refractivity contribution in [3.63, 3.8) is 0 Å². The van der Waals surface area contributed by atoms with E-state index in [1.165, 1.54) is 17.6 Å². The number of nitrogens with zero attached hydrogens (tertiary/aromatic N) is 1. The molecule has 1 aliphatic heterocycles. The molecule has 4 rings (SSSR count). The quantitative estimate of drug-likeness (QED) is 0.331. The highest BCUT2D eigenvalue weighted by Gasteiger charge is 2.34. The standard InChI is InChI=1S/C26H23NO5S/c1-17-15-19(25(29)31-2)10-12-21(17)22-13-11-20(32-22)16-23-24(28)27(26(30)33-23)14-6-9-18-7-4-3-5-8-18/h3-5,7-8,10-13,15-16H,6,9,14H2,1-2H3/b23-16+. The lowest BCUT2D eigenvalue weighted by molar-refractivity contribution is -0.122. The number of ether oxygens (including phenoxy) is 1. The molecule has 0 saturated carbocycles. The predicted octanol–water partition coefficient (Wildman–Crippen LogP) is 5.71. The smallest absolute Gasteiger partial charge is 0.337 e. The minimum atomic E-state index is -0.399. The maximum atomic E-state index is 12.8. The Hall–Kier alpha value is -3.58. The Morgan fingerprint density at radius 3 is 2.61 bits per heavy atom. The van der Waals surface area contributed by atoms with Crippen molar-refractivity contribution in [2.45, 2.75) is 19.8 Å². The number of hydrogen-bond acceptors (Lipinski definition) is 6. The molecule has 6 nitrogen and oxygen atoms in total. The molecule has 7 heteroatoms. The Balaban J connectivity index is 1.44. The van der Waals surface area contributed by atoms with Crippen LogP contribution in [0.25, 0.3) is 17.4 Å². The van der Waals surface area contributed by atoms with E-state index < -0.39 is 5.97 Å². The lowest BCUT2D eigenvalue weighted by Crippen LogP contribution is -2.29. The number of thioether (sulfide) groups is 1. The first-order chi connectivity index (χ1) is 16.0. The highest BCUT2D eigenvalue weighted by Crippen LogP contribution is 2.34. The number of carbonyl (C=O) groups is 3. The van der Waals surface area contributed by atoms with Crippen LogP contribution in [0.5, 0.6) is 0 Å². The van der Waals surface area contributed by atoms with Gasteiger partial charge < -0.3 is 9.15 Å². The summed E-state index contributed by atoms with van der Waals surface area (Å²) in [7, 11) is 1.34. The van der Waals surface area contributed by atoms with E-state index in [-0.39, 0.29) is 11.1 Å². The van der Waals surface area contributed by atoms with Crippen LogP contribution in [-0.4, -0.2) is 35.7 Å². The van der Waals surface area contributed by atoms with Gasteiger partial charge in [0.05, 0.1) is 17.6 Å². The molecule has 0 atom stereocenters. The molecule has 1 fully saturated rings. The Morgan fingerprint density at radius 2 is 1.88 bits per heavy atom. The third-order valence-electron chi connectivity index (χ3n) is 5.38. The van der Waals surface area contributed by atoms with Crippen molar-refractivity contribution >= 4 is 35.0 Å². The van der Waals surface area contributed by atoms with E-state index in [1.54, 1.807) is 36.4 Å². The van der Waals surface area contributed by atoms with Crippen LogP contribution >= 0.6 is 11.8 Å². The van der Waals surface area contributed by atoms with Crippen LogP contribution in [0.2, 0.25) is 0 Å². The third kappa shape index (κ3) is 5.09. The molecule has 0 spiro atoms. The van der Waals surface area contributed by atoms with Gasteiger partial charge in [0.1, 0.15) is 11.5 Å². The third-order valence-corrected chi connectivity index (χ3v) is 6.28. The summed E-state index contributed by atoms with van der Waals surface area (Å²) in [6, 6.07) is 18.8. The topological polar surface area (TPSA) is 76.8 Å². The predicted molar refractivity (Wildman–Crippen MR) is 128 cm³/mol. The molecule has 3 aromatic rings. The zero-order valence-electron chi connectivity index (χ0n) is 18.4. The molecule has 1 saturated heterocycles. The van der Waals surface area contributed by atoms with E-state index >= 15 is 0 Å². The molecular weight excluding hydrogens is 438 g/mol. The van der Waals surface area contributed by atoms with Gasteiger partial charge in [0, 0.05) is 18.2 Å². The van der Waals surface area contributed by atoms with Crippen LogP contribution in [-0.2, 0) is 16.0 Å². The highest BCUT2D eigenvalue weighted by molar-refractivity contribution is 8.18. The Labute approximate surface area is 196 Å². The largest absolute Gasteiger partial charge is 0.465 e. The zero-order valence-corrected chi connectivity index (χ0v) is 19.2. The fourth-order valence-electron chi connectivity index (χ4n) is 3.67. The maximum Gasteiger partial charge on any atom is 0.337 e. The molecule has 0 radical (unpaired) electrons. The number of methoxy groups -OCH3 is 1. The lowest BCUT2D eigenvalue weighted by Gasteiger charge is -2.11. The van der Waals surface area contributed by atoms with Gasteiger partial charge in [-0.15, -0.1) is 0 Å². The van der Waals surface area contributed by atoms with Gasteiger partial charge >= 0.3 is 5.97 Å². The highest BCUT2D eigenvalue weighted by atomic mass is 32.2. The van der Waals surface area contributed by atoms with Crippen molar-refractivity contribution in [1.82, 2.24) is 4.90 Å². The molecule has 2 aromatic carbocycles. The van der Waals surface area contributed by atoms with Gasteiger partial charge in [-0.1, -0.05) is 36.4 Å². The van der Waals surface area contributed by atoms with Crippen molar-refractivity contribution in [3.05, 3.63) is 88.0 Å². The van der Waals surface area contributed by atoms with Gasteiger partial charge in [-0.25, -0.2) is 4.79 Å². The van der Waals surface area contributed by atoms with Gasteiger partial charge in [0.2, 0.25) is 0 Å². The first-order valence-electron chi connectivity index (χ1n) is 10.5. The normalized spacial score (nSPS) is 14.8. The summed E-state index contributed by atoms with van der Waals surface area (Å²) in [5.41, 5.74) is 3.33. The molecule has 2 heterocycles. The molecule has 33 heavy (non-hydrogen) atoms. The van der Waals surface area contributed by atoms with Crippen LogP contribution in [0, 0.1) is 6.92 Å². The molecule has 0 bridgehead atoms. The number of aryl methyl sites for hydroxylation is 2. The number of amides is 2. The second-order valence-corrected chi connectivity index (χ2v) is 8.64. The van der Waals surface area contributed by atoms with E-state index in [0.717, 1.165) is 29.3 Å². The van der Waals surface area contributed by atoms with E-state index in [1.807, 2.05) is 37.3 Å². The molecule has 2 amide bonds. The zero-order chi connectivity index (χ0) is 23.4. The van der Waals surface area contributed by atoms with Gasteiger partial charge in [0.15, 0.2) is 0 Å². The van der Waals surface area contributed by atoms with Crippen molar-refractivity contribution in [2.75, 3.05) is 13.7 Å². The van der Waals surface area contributed by atoms with E-state index in [9.17, 15) is 14.4 Å². The molecule has 0 N–H and O–H groups in total. The molecule has 0 unspecified atom stereocenters. The van der Waals surface area contributed by atoms with Crippen LogP contribution < -0.4 is 0 Å². The minimum absolute atomic E-state index is 0.264. The van der Waals surface area contributed by atoms with Crippen LogP contribution in [0.4, 0.5) is 4.79 Å². The number of esters is 1. The number of rotatable bonds is 7. The molecular formula is C26H23NO5S. The number of hydrogen-bond donors (Lipinski definition) is 0. The Bertz CT molecular complexity index is 1230. The number of carbonyl (C=O) groups excluding carboxylic acids is 3. The van der Waals surface area contributed by atoms with E-state index in [0.29, 0.717) is 35.0 Å². The van der Waals surface area contributed by atoms with Gasteiger partial charge in [-0.2, -0.15) is 0 Å². The monoisotopic (exact) mass is 461 g/mol. The lowest BCUT2D eigenvalue weighted by atomic mass is 10.0. The first-order valence-corrected chi connectivity index (χ1v) is 11.4.